The lowest BCUT2D eigenvalue weighted by atomic mass is 9.99. The van der Waals surface area contributed by atoms with Gasteiger partial charge < -0.3 is 9.47 Å². The zero-order valence-corrected chi connectivity index (χ0v) is 13.7. The average molecular weight is 304 g/mol. The van der Waals surface area contributed by atoms with E-state index in [9.17, 15) is 9.59 Å². The number of carbonyl (C=O) groups is 2. The van der Waals surface area contributed by atoms with Crippen molar-refractivity contribution in [3.8, 4) is 0 Å². The number of hydrogen-bond donors (Lipinski definition) is 0. The lowest BCUT2D eigenvalue weighted by Crippen LogP contribution is -2.15. The lowest BCUT2D eigenvalue weighted by Gasteiger charge is -2.17. The highest BCUT2D eigenvalue weighted by atomic mass is 16.6. The molecule has 0 unspecified atom stereocenters. The first-order valence-corrected chi connectivity index (χ1v) is 7.40. The lowest BCUT2D eigenvalue weighted by molar-refractivity contribution is 0.0438. The third-order valence-electron chi connectivity index (χ3n) is 3.56. The van der Waals surface area contributed by atoms with Crippen molar-refractivity contribution in [2.75, 3.05) is 13.2 Å². The van der Waals surface area contributed by atoms with Crippen LogP contribution in [0.15, 0.2) is 36.6 Å². The third kappa shape index (κ3) is 5.72. The number of ether oxygens (including phenoxy) is 2. The first-order chi connectivity index (χ1) is 10.3. The van der Waals surface area contributed by atoms with Crippen LogP contribution in [0.2, 0.25) is 0 Å². The molecular formula is C18H24O4. The molecule has 0 saturated carbocycles. The summed E-state index contributed by atoms with van der Waals surface area (Å²) in [5.74, 6) is 0.753. The molecule has 120 valence electrons. The zero-order valence-electron chi connectivity index (χ0n) is 13.7. The van der Waals surface area contributed by atoms with Crippen LogP contribution >= 0.6 is 0 Å². The van der Waals surface area contributed by atoms with Gasteiger partial charge in [0.05, 0.1) is 12.2 Å². The molecule has 0 spiro atoms. The molecule has 0 saturated heterocycles. The summed E-state index contributed by atoms with van der Waals surface area (Å²) in [5.41, 5.74) is 0.825. The highest BCUT2D eigenvalue weighted by Gasteiger charge is 2.12. The minimum atomic E-state index is -0.496. The predicted molar refractivity (Wildman–Crippen MR) is 85.8 cm³/mol. The van der Waals surface area contributed by atoms with Gasteiger partial charge in [-0.05, 0) is 30.9 Å². The van der Waals surface area contributed by atoms with E-state index >= 15 is 0 Å². The normalized spacial score (nSPS) is 11.9. The number of Topliss-reactive ketones (excluding diaryl/α,β-unsaturated/α-hetero) is 1. The summed E-state index contributed by atoms with van der Waals surface area (Å²) in [6.45, 7) is 12.1. The van der Waals surface area contributed by atoms with Crippen LogP contribution in [0.1, 0.15) is 48.4 Å². The van der Waals surface area contributed by atoms with Gasteiger partial charge in [-0.15, -0.1) is 0 Å². The van der Waals surface area contributed by atoms with Gasteiger partial charge in [0.2, 0.25) is 0 Å². The summed E-state index contributed by atoms with van der Waals surface area (Å²) in [7, 11) is 0. The predicted octanol–water partition coefficient (Wildman–Crippen LogP) is 3.87. The van der Waals surface area contributed by atoms with Crippen molar-refractivity contribution >= 4 is 11.8 Å². The summed E-state index contributed by atoms with van der Waals surface area (Å²) < 4.78 is 10.6. The third-order valence-corrected chi connectivity index (χ3v) is 3.56. The smallest absolute Gasteiger partial charge is 0.338 e. The monoisotopic (exact) mass is 304 g/mol. The molecule has 1 rings (SSSR count). The minimum Gasteiger partial charge on any atom is -0.495 e. The van der Waals surface area contributed by atoms with Gasteiger partial charge in [0.25, 0.3) is 0 Å². The van der Waals surface area contributed by atoms with E-state index in [-0.39, 0.29) is 12.4 Å². The maximum absolute atomic E-state index is 11.9. The van der Waals surface area contributed by atoms with Gasteiger partial charge in [0, 0.05) is 5.56 Å². The van der Waals surface area contributed by atoms with Crippen LogP contribution in [0.25, 0.3) is 0 Å². The summed E-state index contributed by atoms with van der Waals surface area (Å²) in [4.78, 5) is 23.2. The van der Waals surface area contributed by atoms with Gasteiger partial charge >= 0.3 is 5.97 Å². The fourth-order valence-corrected chi connectivity index (χ4v) is 1.58. The number of ketones is 1. The molecule has 0 N–H and O–H groups in total. The van der Waals surface area contributed by atoms with Crippen molar-refractivity contribution < 1.29 is 19.1 Å². The number of esters is 1. The Labute approximate surface area is 132 Å². The molecule has 4 nitrogen and oxygen atoms in total. The Hall–Kier alpha value is -2.10. The standard InChI is InChI=1S/C18H24O4/c1-12(2)13(3)10-21-14(4)11-22-18(20)17-8-6-7-16(9-17)15(5)19/h6-9,12-13H,4,10-11H2,1-3,5H3/t13-/m1/s1. The van der Waals surface area contributed by atoms with Crippen LogP contribution in [-0.2, 0) is 9.47 Å². The molecular weight excluding hydrogens is 280 g/mol. The summed E-state index contributed by atoms with van der Waals surface area (Å²) >= 11 is 0. The number of hydrogen-bond acceptors (Lipinski definition) is 4. The Balaban J connectivity index is 2.47. The van der Waals surface area contributed by atoms with Crippen LogP contribution < -0.4 is 0 Å². The number of carbonyl (C=O) groups excluding carboxylic acids is 2. The van der Waals surface area contributed by atoms with E-state index in [0.717, 1.165) is 0 Å². The zero-order chi connectivity index (χ0) is 16.7. The molecule has 1 aromatic carbocycles. The van der Waals surface area contributed by atoms with Crippen molar-refractivity contribution in [2.24, 2.45) is 11.8 Å². The van der Waals surface area contributed by atoms with Crippen LogP contribution in [0, 0.1) is 11.8 Å². The van der Waals surface area contributed by atoms with Gasteiger partial charge in [-0.2, -0.15) is 0 Å². The Bertz CT molecular complexity index is 546. The Morgan fingerprint density at radius 1 is 1.14 bits per heavy atom. The van der Waals surface area contributed by atoms with E-state index in [1.165, 1.54) is 13.0 Å². The van der Waals surface area contributed by atoms with Crippen molar-refractivity contribution in [1.82, 2.24) is 0 Å². The summed E-state index contributed by atoms with van der Waals surface area (Å²) in [6.07, 6.45) is 0. The Morgan fingerprint density at radius 2 is 1.77 bits per heavy atom. The van der Waals surface area contributed by atoms with E-state index in [2.05, 4.69) is 27.4 Å². The molecule has 22 heavy (non-hydrogen) atoms. The van der Waals surface area contributed by atoms with Crippen molar-refractivity contribution in [1.29, 1.82) is 0 Å². The second-order valence-electron chi connectivity index (χ2n) is 5.78. The quantitative estimate of drug-likeness (QED) is 0.415. The Morgan fingerprint density at radius 3 is 2.36 bits per heavy atom. The summed E-state index contributed by atoms with van der Waals surface area (Å²) in [6, 6.07) is 6.45. The largest absolute Gasteiger partial charge is 0.495 e. The molecule has 4 heteroatoms. The second kappa shape index (κ2) is 8.37. The van der Waals surface area contributed by atoms with Gasteiger partial charge in [-0.3, -0.25) is 4.79 Å². The van der Waals surface area contributed by atoms with Crippen molar-refractivity contribution in [3.63, 3.8) is 0 Å². The molecule has 0 amide bonds. The van der Waals surface area contributed by atoms with Crippen LogP contribution in [0.3, 0.4) is 0 Å². The van der Waals surface area contributed by atoms with E-state index in [4.69, 9.17) is 9.47 Å². The number of benzene rings is 1. The van der Waals surface area contributed by atoms with E-state index in [0.29, 0.717) is 35.3 Å². The fraction of sp³-hybridized carbons (Fsp3) is 0.444. The highest BCUT2D eigenvalue weighted by Crippen LogP contribution is 2.12. The first-order valence-electron chi connectivity index (χ1n) is 7.40. The molecule has 0 heterocycles. The first kappa shape index (κ1) is 18.0. The van der Waals surface area contributed by atoms with Gasteiger partial charge in [-0.25, -0.2) is 4.79 Å². The topological polar surface area (TPSA) is 52.6 Å². The molecule has 1 aromatic rings. The molecule has 0 aliphatic rings. The van der Waals surface area contributed by atoms with Gasteiger partial charge in [0.1, 0.15) is 12.4 Å². The average Bonchev–Trinajstić information content (AvgIpc) is 2.50. The minimum absolute atomic E-state index is 0.00788. The maximum atomic E-state index is 11.9. The van der Waals surface area contributed by atoms with E-state index in [1.54, 1.807) is 18.2 Å². The van der Waals surface area contributed by atoms with Crippen molar-refractivity contribution in [3.05, 3.63) is 47.7 Å². The molecule has 0 radical (unpaired) electrons. The highest BCUT2D eigenvalue weighted by molar-refractivity contribution is 5.97. The van der Waals surface area contributed by atoms with Crippen LogP contribution in [-0.4, -0.2) is 25.0 Å². The number of rotatable bonds is 8. The molecule has 0 aliphatic heterocycles. The molecule has 0 bridgehead atoms. The van der Waals surface area contributed by atoms with E-state index in [1.807, 2.05) is 0 Å². The second-order valence-corrected chi connectivity index (χ2v) is 5.78. The molecule has 0 aliphatic carbocycles. The van der Waals surface area contributed by atoms with Crippen molar-refractivity contribution in [2.45, 2.75) is 27.7 Å². The summed E-state index contributed by atoms with van der Waals surface area (Å²) in [5, 5.41) is 0. The Kier molecular flexibility index (Phi) is 6.83. The van der Waals surface area contributed by atoms with Crippen LogP contribution in [0.5, 0.6) is 0 Å². The van der Waals surface area contributed by atoms with Gasteiger partial charge in [-0.1, -0.05) is 39.5 Å². The van der Waals surface area contributed by atoms with Gasteiger partial charge in [0.15, 0.2) is 5.78 Å². The molecule has 0 aromatic heterocycles. The van der Waals surface area contributed by atoms with E-state index < -0.39 is 5.97 Å². The molecule has 1 atom stereocenters. The maximum Gasteiger partial charge on any atom is 0.338 e. The van der Waals surface area contributed by atoms with Crippen LogP contribution in [0.4, 0.5) is 0 Å². The molecule has 0 fully saturated rings. The SMILES string of the molecule is C=C(COC(=O)c1cccc(C(C)=O)c1)OC[C@@H](C)C(C)C. The fourth-order valence-electron chi connectivity index (χ4n) is 1.58.